The average Bonchev–Trinajstić information content (AvgIpc) is 3.31. The van der Waals surface area contributed by atoms with Crippen LogP contribution in [0.2, 0.25) is 0 Å². The predicted octanol–water partition coefficient (Wildman–Crippen LogP) is 2.32. The van der Waals surface area contributed by atoms with Crippen LogP contribution in [-0.4, -0.2) is 34.1 Å². The highest BCUT2D eigenvalue weighted by Crippen LogP contribution is 2.29. The van der Waals surface area contributed by atoms with E-state index in [2.05, 4.69) is 21.7 Å². The summed E-state index contributed by atoms with van der Waals surface area (Å²) in [5, 5.41) is 24.1. The number of amides is 1. The van der Waals surface area contributed by atoms with Gasteiger partial charge in [-0.1, -0.05) is 5.21 Å². The second-order valence-electron chi connectivity index (χ2n) is 5.84. The van der Waals surface area contributed by atoms with Gasteiger partial charge in [-0.2, -0.15) is 16.6 Å². The molecule has 0 saturated carbocycles. The van der Waals surface area contributed by atoms with Gasteiger partial charge in [-0.25, -0.2) is 4.68 Å². The first-order valence-corrected chi connectivity index (χ1v) is 8.85. The first-order valence-electron chi connectivity index (χ1n) is 7.91. The maximum absolute atomic E-state index is 12.5. The van der Waals surface area contributed by atoms with E-state index in [1.807, 2.05) is 10.8 Å². The third kappa shape index (κ3) is 3.63. The van der Waals surface area contributed by atoms with E-state index in [9.17, 15) is 4.79 Å². The maximum Gasteiger partial charge on any atom is 0.252 e. The number of rotatable bonds is 5. The van der Waals surface area contributed by atoms with E-state index in [1.165, 1.54) is 16.0 Å². The fourth-order valence-corrected chi connectivity index (χ4v) is 3.42. The van der Waals surface area contributed by atoms with Crippen molar-refractivity contribution in [2.24, 2.45) is 5.92 Å². The highest BCUT2D eigenvalue weighted by atomic mass is 32.1. The lowest BCUT2D eigenvalue weighted by molar-refractivity contribution is 0.0508. The van der Waals surface area contributed by atoms with Crippen molar-refractivity contribution in [3.8, 4) is 6.07 Å². The molecule has 3 heterocycles. The summed E-state index contributed by atoms with van der Waals surface area (Å²) in [6.07, 6.45) is 3.46. The van der Waals surface area contributed by atoms with Crippen LogP contribution < -0.4 is 5.32 Å². The minimum absolute atomic E-state index is 0.115. The summed E-state index contributed by atoms with van der Waals surface area (Å²) in [7, 11) is 0. The number of aromatic nitrogens is 3. The zero-order valence-corrected chi connectivity index (χ0v) is 14.2. The van der Waals surface area contributed by atoms with Crippen LogP contribution in [0.3, 0.4) is 0 Å². The summed E-state index contributed by atoms with van der Waals surface area (Å²) in [5.74, 6) is 0.125. The molecule has 3 rings (SSSR count). The summed E-state index contributed by atoms with van der Waals surface area (Å²) in [4.78, 5) is 12.5. The fraction of sp³-hybridized carbons (Fsp3) is 0.500. The molecule has 0 aromatic carbocycles. The molecule has 8 heteroatoms. The van der Waals surface area contributed by atoms with Gasteiger partial charge in [0.2, 0.25) is 0 Å². The Kier molecular flexibility index (Phi) is 5.23. The predicted molar refractivity (Wildman–Crippen MR) is 88.4 cm³/mol. The van der Waals surface area contributed by atoms with Crippen LogP contribution in [0.15, 0.2) is 23.0 Å². The minimum Gasteiger partial charge on any atom is -0.381 e. The quantitative estimate of drug-likeness (QED) is 0.898. The lowest BCUT2D eigenvalue weighted by Gasteiger charge is -2.29. The van der Waals surface area contributed by atoms with Gasteiger partial charge in [0.05, 0.1) is 23.9 Å². The molecule has 24 heavy (non-hydrogen) atoms. The maximum atomic E-state index is 12.5. The molecule has 2 atom stereocenters. The highest BCUT2D eigenvalue weighted by Gasteiger charge is 2.30. The van der Waals surface area contributed by atoms with Gasteiger partial charge >= 0.3 is 0 Å². The Morgan fingerprint density at radius 2 is 2.33 bits per heavy atom. The zero-order chi connectivity index (χ0) is 16.9. The fourth-order valence-electron chi connectivity index (χ4n) is 2.78. The van der Waals surface area contributed by atoms with Crippen molar-refractivity contribution in [1.82, 2.24) is 20.3 Å². The topological polar surface area (TPSA) is 92.8 Å². The second-order valence-corrected chi connectivity index (χ2v) is 6.62. The number of nitriles is 1. The Bertz CT molecular complexity index is 715. The van der Waals surface area contributed by atoms with E-state index in [0.29, 0.717) is 24.5 Å². The molecule has 2 aromatic heterocycles. The molecular formula is C16H19N5O2S. The summed E-state index contributed by atoms with van der Waals surface area (Å²) < 4.78 is 6.95. The van der Waals surface area contributed by atoms with Crippen molar-refractivity contribution in [1.29, 1.82) is 5.26 Å². The van der Waals surface area contributed by atoms with E-state index >= 15 is 0 Å². The summed E-state index contributed by atoms with van der Waals surface area (Å²) in [6.45, 7) is 3.11. The molecule has 1 amide bonds. The van der Waals surface area contributed by atoms with E-state index in [4.69, 9.17) is 10.00 Å². The number of carbonyl (C=O) groups excluding carboxylic acids is 1. The molecule has 126 valence electrons. The lowest BCUT2D eigenvalue weighted by Crippen LogP contribution is -2.36. The standard InChI is InChI=1S/C16H19N5O2S/c1-11(8-17)21-9-14(19-20-21)15(12-2-5-23-6-3-12)18-16(22)13-4-7-24-10-13/h4,7,9-12,15H,2-3,5-6H2,1H3,(H,18,22)/t11-,15+/m1/s1. The van der Waals surface area contributed by atoms with Crippen LogP contribution in [0.5, 0.6) is 0 Å². The van der Waals surface area contributed by atoms with Crippen LogP contribution in [0.4, 0.5) is 0 Å². The minimum atomic E-state index is -0.394. The molecule has 7 nitrogen and oxygen atoms in total. The molecule has 0 aliphatic carbocycles. The largest absolute Gasteiger partial charge is 0.381 e. The number of nitrogens with zero attached hydrogens (tertiary/aromatic N) is 4. The first kappa shape index (κ1) is 16.6. The van der Waals surface area contributed by atoms with Crippen LogP contribution in [0, 0.1) is 17.2 Å². The van der Waals surface area contributed by atoms with Gasteiger partial charge in [-0.05, 0) is 37.1 Å². The van der Waals surface area contributed by atoms with Crippen molar-refractivity contribution in [2.45, 2.75) is 31.8 Å². The summed E-state index contributed by atoms with van der Waals surface area (Å²) in [6, 6.07) is 3.30. The monoisotopic (exact) mass is 345 g/mol. The molecular weight excluding hydrogens is 326 g/mol. The van der Waals surface area contributed by atoms with Gasteiger partial charge in [0.25, 0.3) is 5.91 Å². The summed E-state index contributed by atoms with van der Waals surface area (Å²) >= 11 is 1.49. The van der Waals surface area contributed by atoms with Gasteiger partial charge in [-0.3, -0.25) is 4.79 Å². The number of carbonyl (C=O) groups is 1. The van der Waals surface area contributed by atoms with Gasteiger partial charge in [0, 0.05) is 18.6 Å². The van der Waals surface area contributed by atoms with Crippen molar-refractivity contribution in [3.05, 3.63) is 34.3 Å². The number of ether oxygens (including phenoxy) is 1. The van der Waals surface area contributed by atoms with E-state index in [1.54, 1.807) is 19.2 Å². The Balaban J connectivity index is 1.83. The molecule has 0 unspecified atom stereocenters. The zero-order valence-electron chi connectivity index (χ0n) is 13.4. The van der Waals surface area contributed by atoms with Crippen LogP contribution in [0.1, 0.15) is 47.9 Å². The van der Waals surface area contributed by atoms with Gasteiger partial charge in [0.15, 0.2) is 0 Å². The molecule has 0 spiro atoms. The normalized spacial score (nSPS) is 17.8. The van der Waals surface area contributed by atoms with Crippen molar-refractivity contribution in [2.75, 3.05) is 13.2 Å². The Morgan fingerprint density at radius 3 is 3.00 bits per heavy atom. The first-order chi connectivity index (χ1) is 11.7. The number of hydrogen-bond acceptors (Lipinski definition) is 6. The van der Waals surface area contributed by atoms with Gasteiger partial charge < -0.3 is 10.1 Å². The summed E-state index contributed by atoms with van der Waals surface area (Å²) in [5.41, 5.74) is 1.34. The van der Waals surface area contributed by atoms with Crippen molar-refractivity contribution in [3.63, 3.8) is 0 Å². The number of hydrogen-bond donors (Lipinski definition) is 1. The van der Waals surface area contributed by atoms with Crippen molar-refractivity contribution < 1.29 is 9.53 Å². The molecule has 1 aliphatic heterocycles. The second kappa shape index (κ2) is 7.55. The lowest BCUT2D eigenvalue weighted by atomic mass is 9.89. The van der Waals surface area contributed by atoms with E-state index in [-0.39, 0.29) is 17.9 Å². The van der Waals surface area contributed by atoms with E-state index < -0.39 is 6.04 Å². The number of thiophene rings is 1. The molecule has 0 radical (unpaired) electrons. The molecule has 0 bridgehead atoms. The van der Waals surface area contributed by atoms with Crippen LogP contribution >= 0.6 is 11.3 Å². The molecule has 1 fully saturated rings. The highest BCUT2D eigenvalue weighted by molar-refractivity contribution is 7.08. The molecule has 1 saturated heterocycles. The third-order valence-electron chi connectivity index (χ3n) is 4.24. The van der Waals surface area contributed by atoms with Gasteiger partial charge in [0.1, 0.15) is 11.7 Å². The van der Waals surface area contributed by atoms with Crippen LogP contribution in [-0.2, 0) is 4.74 Å². The number of nitrogens with one attached hydrogen (secondary N) is 1. The average molecular weight is 345 g/mol. The van der Waals surface area contributed by atoms with Crippen LogP contribution in [0.25, 0.3) is 0 Å². The molecule has 1 N–H and O–H groups in total. The Morgan fingerprint density at radius 1 is 1.54 bits per heavy atom. The van der Waals surface area contributed by atoms with E-state index in [0.717, 1.165) is 12.8 Å². The third-order valence-corrected chi connectivity index (χ3v) is 4.92. The SMILES string of the molecule is C[C@H](C#N)n1cc([C@@H](NC(=O)c2ccsc2)C2CCOCC2)nn1. The smallest absolute Gasteiger partial charge is 0.252 e. The van der Waals surface area contributed by atoms with Crippen molar-refractivity contribution >= 4 is 17.2 Å². The Labute approximate surface area is 144 Å². The molecule has 2 aromatic rings. The molecule has 1 aliphatic rings. The Hall–Kier alpha value is -2.24. The van der Waals surface area contributed by atoms with Gasteiger partial charge in [-0.15, -0.1) is 5.10 Å².